The van der Waals surface area contributed by atoms with E-state index in [0.29, 0.717) is 12.8 Å². The fourth-order valence-electron chi connectivity index (χ4n) is 8.20. The predicted molar refractivity (Wildman–Crippen MR) is 361 cm³/mol. The molecular formula is C77H118O6. The summed E-state index contributed by atoms with van der Waals surface area (Å²) in [6.07, 6.45) is 104. The van der Waals surface area contributed by atoms with Crippen LogP contribution in [0.3, 0.4) is 0 Å². The first-order chi connectivity index (χ1) is 41.0. The minimum Gasteiger partial charge on any atom is -0.462 e. The maximum atomic E-state index is 12.9. The highest BCUT2D eigenvalue weighted by Gasteiger charge is 2.19. The molecule has 0 fully saturated rings. The SMILES string of the molecule is CC/C=C\C/C=C\C/C=C\C/C=C\C/C=C\C/C=C\C/C=C\C/C=C\CCCCC(=O)OCC(COC(=O)CCCCCCC/C=C\C/C=C\CCCCC)OC(=O)CCCCCC/C=C\C/C=C\C/C=C\C/C=C\C/C=C\C/C=C\CC. The number of rotatable bonds is 57. The van der Waals surface area contributed by atoms with Crippen LogP contribution in [0.25, 0.3) is 0 Å². The molecule has 0 aliphatic rings. The zero-order valence-electron chi connectivity index (χ0n) is 52.9. The van der Waals surface area contributed by atoms with Gasteiger partial charge in [-0.15, -0.1) is 0 Å². The van der Waals surface area contributed by atoms with Gasteiger partial charge in [0.1, 0.15) is 13.2 Å². The van der Waals surface area contributed by atoms with Gasteiger partial charge in [-0.05, 0) is 167 Å². The Labute approximate surface area is 509 Å². The molecule has 0 aliphatic carbocycles. The molecule has 83 heavy (non-hydrogen) atoms. The van der Waals surface area contributed by atoms with Crippen LogP contribution in [0.2, 0.25) is 0 Å². The van der Waals surface area contributed by atoms with Crippen LogP contribution in [0.5, 0.6) is 0 Å². The molecule has 1 unspecified atom stereocenters. The lowest BCUT2D eigenvalue weighted by atomic mass is 10.1. The Kier molecular flexibility index (Phi) is 64.0. The summed E-state index contributed by atoms with van der Waals surface area (Å²) >= 11 is 0. The summed E-state index contributed by atoms with van der Waals surface area (Å²) in [6.45, 7) is 6.30. The summed E-state index contributed by atoms with van der Waals surface area (Å²) in [5.41, 5.74) is 0. The first kappa shape index (κ1) is 77.2. The third-order valence-electron chi connectivity index (χ3n) is 13.1. The van der Waals surface area contributed by atoms with E-state index in [0.717, 1.165) is 180 Å². The number of esters is 3. The highest BCUT2D eigenvalue weighted by Crippen LogP contribution is 2.13. The second kappa shape index (κ2) is 68.7. The summed E-state index contributed by atoms with van der Waals surface area (Å²) in [7, 11) is 0. The van der Waals surface area contributed by atoms with E-state index in [9.17, 15) is 14.4 Å². The molecule has 0 rings (SSSR count). The smallest absolute Gasteiger partial charge is 0.306 e. The molecule has 6 nitrogen and oxygen atoms in total. The van der Waals surface area contributed by atoms with Crippen LogP contribution in [0.15, 0.2) is 194 Å². The first-order valence-electron chi connectivity index (χ1n) is 32.9. The molecule has 6 heteroatoms. The van der Waals surface area contributed by atoms with Gasteiger partial charge in [-0.3, -0.25) is 14.4 Å². The molecule has 0 radical (unpaired) electrons. The third kappa shape index (κ3) is 66.9. The minimum absolute atomic E-state index is 0.120. The fraction of sp³-hybridized carbons (Fsp3) is 0.545. The number of hydrogen-bond donors (Lipinski definition) is 0. The van der Waals surface area contributed by atoms with E-state index in [4.69, 9.17) is 14.2 Å². The van der Waals surface area contributed by atoms with E-state index in [2.05, 4.69) is 215 Å². The lowest BCUT2D eigenvalue weighted by Crippen LogP contribution is -2.30. The van der Waals surface area contributed by atoms with E-state index in [1.54, 1.807) is 0 Å². The number of carbonyl (C=O) groups excluding carboxylic acids is 3. The van der Waals surface area contributed by atoms with Crippen molar-refractivity contribution < 1.29 is 28.6 Å². The van der Waals surface area contributed by atoms with E-state index in [-0.39, 0.29) is 44.0 Å². The molecule has 0 saturated carbocycles. The van der Waals surface area contributed by atoms with Crippen molar-refractivity contribution in [2.75, 3.05) is 13.2 Å². The zero-order valence-corrected chi connectivity index (χ0v) is 52.9. The normalized spacial score (nSPS) is 13.4. The Balaban J connectivity index is 4.56. The Morgan fingerprint density at radius 2 is 0.470 bits per heavy atom. The lowest BCUT2D eigenvalue weighted by molar-refractivity contribution is -0.167. The molecular weight excluding hydrogens is 1020 g/mol. The summed E-state index contributed by atoms with van der Waals surface area (Å²) < 4.78 is 16.9. The molecule has 1 atom stereocenters. The Hall–Kier alpha value is -5.75. The molecule has 0 aromatic carbocycles. The average molecular weight is 1140 g/mol. The van der Waals surface area contributed by atoms with E-state index < -0.39 is 6.10 Å². The van der Waals surface area contributed by atoms with E-state index in [1.165, 1.54) is 25.7 Å². The molecule has 0 N–H and O–H groups in total. The van der Waals surface area contributed by atoms with Gasteiger partial charge in [0.25, 0.3) is 0 Å². The number of hydrogen-bond acceptors (Lipinski definition) is 6. The molecule has 0 bridgehead atoms. The van der Waals surface area contributed by atoms with Crippen LogP contribution in [0, 0.1) is 0 Å². The summed E-state index contributed by atoms with van der Waals surface area (Å²) in [5, 5.41) is 0. The molecule has 0 heterocycles. The number of carbonyl (C=O) groups is 3. The molecule has 0 amide bonds. The van der Waals surface area contributed by atoms with Gasteiger partial charge < -0.3 is 14.2 Å². The molecule has 0 aromatic rings. The van der Waals surface area contributed by atoms with Gasteiger partial charge in [-0.1, -0.05) is 260 Å². The van der Waals surface area contributed by atoms with Gasteiger partial charge in [-0.2, -0.15) is 0 Å². The molecule has 0 saturated heterocycles. The number of allylic oxidation sites excluding steroid dienone is 32. The quantitative estimate of drug-likeness (QED) is 0.0261. The van der Waals surface area contributed by atoms with E-state index in [1.807, 2.05) is 0 Å². The average Bonchev–Trinajstić information content (AvgIpc) is 3.49. The van der Waals surface area contributed by atoms with Gasteiger partial charge in [-0.25, -0.2) is 0 Å². The van der Waals surface area contributed by atoms with Gasteiger partial charge in [0, 0.05) is 19.3 Å². The summed E-state index contributed by atoms with van der Waals surface area (Å²) in [6, 6.07) is 0. The molecule has 0 aromatic heterocycles. The van der Waals surface area contributed by atoms with Crippen LogP contribution in [0.4, 0.5) is 0 Å². The van der Waals surface area contributed by atoms with Crippen LogP contribution >= 0.6 is 0 Å². The monoisotopic (exact) mass is 1140 g/mol. The van der Waals surface area contributed by atoms with Crippen molar-refractivity contribution in [1.82, 2.24) is 0 Å². The molecule has 0 aliphatic heterocycles. The van der Waals surface area contributed by atoms with Crippen molar-refractivity contribution in [2.45, 2.75) is 258 Å². The van der Waals surface area contributed by atoms with Gasteiger partial charge in [0.15, 0.2) is 6.10 Å². The molecule has 0 spiro atoms. The number of unbranched alkanes of at least 4 members (excludes halogenated alkanes) is 14. The van der Waals surface area contributed by atoms with Crippen molar-refractivity contribution >= 4 is 17.9 Å². The second-order valence-corrected chi connectivity index (χ2v) is 20.9. The van der Waals surface area contributed by atoms with Crippen molar-refractivity contribution in [2.24, 2.45) is 0 Å². The first-order valence-corrected chi connectivity index (χ1v) is 32.9. The van der Waals surface area contributed by atoms with Gasteiger partial charge >= 0.3 is 17.9 Å². The van der Waals surface area contributed by atoms with Crippen molar-refractivity contribution in [3.63, 3.8) is 0 Å². The Morgan fingerprint density at radius 1 is 0.253 bits per heavy atom. The maximum Gasteiger partial charge on any atom is 0.306 e. The fourth-order valence-corrected chi connectivity index (χ4v) is 8.20. The zero-order chi connectivity index (χ0) is 59.9. The minimum atomic E-state index is -0.830. The molecule has 462 valence electrons. The van der Waals surface area contributed by atoms with Crippen LogP contribution < -0.4 is 0 Å². The number of ether oxygens (including phenoxy) is 3. The Bertz CT molecular complexity index is 1990. The Morgan fingerprint density at radius 3 is 0.759 bits per heavy atom. The van der Waals surface area contributed by atoms with Crippen LogP contribution in [-0.4, -0.2) is 37.2 Å². The predicted octanol–water partition coefficient (Wildman–Crippen LogP) is 23.0. The third-order valence-corrected chi connectivity index (χ3v) is 13.1. The summed E-state index contributed by atoms with van der Waals surface area (Å²) in [4.78, 5) is 38.4. The van der Waals surface area contributed by atoms with Crippen LogP contribution in [-0.2, 0) is 28.6 Å². The lowest BCUT2D eigenvalue weighted by Gasteiger charge is -2.18. The van der Waals surface area contributed by atoms with Crippen molar-refractivity contribution in [1.29, 1.82) is 0 Å². The van der Waals surface area contributed by atoms with Crippen molar-refractivity contribution in [3.8, 4) is 0 Å². The maximum absolute atomic E-state index is 12.9. The van der Waals surface area contributed by atoms with Gasteiger partial charge in [0.05, 0.1) is 0 Å². The topological polar surface area (TPSA) is 78.9 Å². The highest BCUT2D eigenvalue weighted by molar-refractivity contribution is 5.71. The summed E-state index contributed by atoms with van der Waals surface area (Å²) in [5.74, 6) is -1.01. The van der Waals surface area contributed by atoms with E-state index >= 15 is 0 Å². The standard InChI is InChI=1S/C77H118O6/c1-4-7-10-13-16-19-22-25-28-30-32-34-36-37-38-39-41-42-44-46-49-52-55-58-61-64-67-70-76(79)82-73-74(72-81-75(78)69-66-63-60-57-54-51-48-27-24-21-18-15-12-9-6-3)83-77(80)71-68-65-62-59-56-53-50-47-45-43-40-35-33-31-29-26-23-20-17-14-11-8-5-2/h7-8,10-11,16-21,25-29,32-35,37-38,41-43,45-46,48-50,53,55,58,74H,4-6,9,12-15,22-24,30-31,36,39-40,44,47,51-52,54,56-57,59-73H2,1-3H3/b10-7-,11-8-,19-16-,20-17-,21-18-,28-25-,29-26-,34-32-,35-33-,38-37-,42-41-,45-43-,48-27-,49-46-,53-50-,58-55-. The van der Waals surface area contributed by atoms with Crippen LogP contribution in [0.1, 0.15) is 252 Å². The highest BCUT2D eigenvalue weighted by atomic mass is 16.6. The second-order valence-electron chi connectivity index (χ2n) is 20.9. The van der Waals surface area contributed by atoms with Gasteiger partial charge in [0.2, 0.25) is 0 Å². The van der Waals surface area contributed by atoms with Crippen molar-refractivity contribution in [3.05, 3.63) is 194 Å². The largest absolute Gasteiger partial charge is 0.462 e.